The van der Waals surface area contributed by atoms with Crippen molar-refractivity contribution in [3.8, 4) is 5.75 Å². The number of hydrogen-bond acceptors (Lipinski definition) is 2. The molecule has 2 N–H and O–H groups in total. The largest absolute Gasteiger partial charge is 0.486 e. The van der Waals surface area contributed by atoms with E-state index in [0.29, 0.717) is 17.3 Å². The predicted octanol–water partition coefficient (Wildman–Crippen LogP) is 5.03. The Morgan fingerprint density at radius 2 is 1.67 bits per heavy atom. The lowest BCUT2D eigenvalue weighted by molar-refractivity contribution is 0.303. The summed E-state index contributed by atoms with van der Waals surface area (Å²) < 4.78 is 7.51. The van der Waals surface area contributed by atoms with Crippen LogP contribution in [0.4, 0.5) is 5.69 Å². The Balaban J connectivity index is 2.22. The van der Waals surface area contributed by atoms with Gasteiger partial charge >= 0.3 is 0 Å². The molecule has 2 aromatic carbocycles. The zero-order valence-corrected chi connectivity index (χ0v) is 13.2. The van der Waals surface area contributed by atoms with Gasteiger partial charge < -0.3 is 10.5 Å². The van der Waals surface area contributed by atoms with E-state index in [4.69, 9.17) is 22.1 Å². The third kappa shape index (κ3) is 2.99. The molecular weight excluding hydrogens is 381 g/mol. The molecule has 0 aliphatic carbocycles. The highest BCUT2D eigenvalue weighted by Gasteiger charge is 2.09. The highest BCUT2D eigenvalue weighted by Crippen LogP contribution is 2.34. The Morgan fingerprint density at radius 3 is 2.28 bits per heavy atom. The van der Waals surface area contributed by atoms with Gasteiger partial charge in [0.15, 0.2) is 0 Å². The number of anilines is 1. The van der Waals surface area contributed by atoms with Gasteiger partial charge in [0.2, 0.25) is 0 Å². The second-order valence-electron chi connectivity index (χ2n) is 3.65. The van der Waals surface area contributed by atoms with Crippen molar-refractivity contribution in [2.75, 3.05) is 5.73 Å². The molecule has 2 rings (SSSR count). The van der Waals surface area contributed by atoms with Crippen LogP contribution in [-0.4, -0.2) is 0 Å². The maximum atomic E-state index is 6.09. The number of nitrogens with two attached hydrogens (primary N) is 1. The van der Waals surface area contributed by atoms with Gasteiger partial charge in [-0.05, 0) is 56.1 Å². The molecule has 0 radical (unpaired) electrons. The summed E-state index contributed by atoms with van der Waals surface area (Å²) in [6.45, 7) is 0.326. The minimum Gasteiger partial charge on any atom is -0.486 e. The zero-order valence-electron chi connectivity index (χ0n) is 9.29. The van der Waals surface area contributed by atoms with Crippen LogP contribution in [-0.2, 0) is 6.61 Å². The first-order valence-electron chi connectivity index (χ1n) is 5.19. The molecule has 94 valence electrons. The van der Waals surface area contributed by atoms with Crippen LogP contribution < -0.4 is 10.5 Å². The Kier molecular flexibility index (Phi) is 4.54. The van der Waals surface area contributed by atoms with Crippen molar-refractivity contribution >= 4 is 49.1 Å². The van der Waals surface area contributed by atoms with Crippen LogP contribution >= 0.6 is 43.5 Å². The van der Waals surface area contributed by atoms with Gasteiger partial charge in [0.1, 0.15) is 12.4 Å². The minimum absolute atomic E-state index is 0.326. The lowest BCUT2D eigenvalue weighted by atomic mass is 10.2. The van der Waals surface area contributed by atoms with Gasteiger partial charge in [-0.15, -0.1) is 0 Å². The van der Waals surface area contributed by atoms with Crippen molar-refractivity contribution in [1.29, 1.82) is 0 Å². The fraction of sp³-hybridized carbons (Fsp3) is 0.0769. The zero-order chi connectivity index (χ0) is 13.1. The normalized spacial score (nSPS) is 10.4. The molecule has 0 unspecified atom stereocenters. The standard InChI is InChI=1S/C13H10Br2ClNO/c14-9-3-1-4-10(15)13(9)18-7-8-11(16)5-2-6-12(8)17/h1-6H,7,17H2. The minimum atomic E-state index is 0.326. The third-order valence-corrected chi connectivity index (χ3v) is 4.04. The number of halogens is 3. The van der Waals surface area contributed by atoms with Crippen molar-refractivity contribution < 1.29 is 4.74 Å². The second kappa shape index (κ2) is 5.95. The van der Waals surface area contributed by atoms with Crippen LogP contribution in [0.15, 0.2) is 45.3 Å². The average molecular weight is 391 g/mol. The van der Waals surface area contributed by atoms with Gasteiger partial charge in [-0.3, -0.25) is 0 Å². The van der Waals surface area contributed by atoms with Crippen molar-refractivity contribution in [1.82, 2.24) is 0 Å². The van der Waals surface area contributed by atoms with Crippen LogP contribution in [0.1, 0.15) is 5.56 Å². The van der Waals surface area contributed by atoms with Gasteiger partial charge in [-0.1, -0.05) is 23.7 Å². The number of ether oxygens (including phenoxy) is 1. The Hall–Kier alpha value is -0.710. The van der Waals surface area contributed by atoms with Crippen LogP contribution in [0, 0.1) is 0 Å². The summed E-state index contributed by atoms with van der Waals surface area (Å²) in [6, 6.07) is 11.2. The molecule has 0 spiro atoms. The van der Waals surface area contributed by atoms with Crippen LogP contribution in [0.25, 0.3) is 0 Å². The fourth-order valence-electron chi connectivity index (χ4n) is 1.49. The fourth-order valence-corrected chi connectivity index (χ4v) is 2.96. The quantitative estimate of drug-likeness (QED) is 0.745. The van der Waals surface area contributed by atoms with E-state index in [-0.39, 0.29) is 0 Å². The molecule has 18 heavy (non-hydrogen) atoms. The predicted molar refractivity (Wildman–Crippen MR) is 82.0 cm³/mol. The van der Waals surface area contributed by atoms with Crippen molar-refractivity contribution in [3.63, 3.8) is 0 Å². The molecule has 2 nitrogen and oxygen atoms in total. The highest BCUT2D eigenvalue weighted by molar-refractivity contribution is 9.11. The molecule has 0 fully saturated rings. The molecule has 0 heterocycles. The van der Waals surface area contributed by atoms with E-state index >= 15 is 0 Å². The van der Waals surface area contributed by atoms with E-state index in [1.54, 1.807) is 12.1 Å². The number of nitrogen functional groups attached to an aromatic ring is 1. The van der Waals surface area contributed by atoms with Gasteiger partial charge in [0.05, 0.1) is 8.95 Å². The number of hydrogen-bond donors (Lipinski definition) is 1. The summed E-state index contributed by atoms with van der Waals surface area (Å²) in [6.07, 6.45) is 0. The molecular formula is C13H10Br2ClNO. The van der Waals surface area contributed by atoms with Gasteiger partial charge in [-0.2, -0.15) is 0 Å². The SMILES string of the molecule is Nc1cccc(Cl)c1COc1c(Br)cccc1Br. The van der Waals surface area contributed by atoms with Crippen LogP contribution in [0.5, 0.6) is 5.75 Å². The molecule has 0 aliphatic rings. The lowest BCUT2D eigenvalue weighted by Gasteiger charge is -2.12. The summed E-state index contributed by atoms with van der Waals surface area (Å²) in [4.78, 5) is 0. The van der Waals surface area contributed by atoms with Crippen molar-refractivity contribution in [2.24, 2.45) is 0 Å². The maximum absolute atomic E-state index is 6.09. The Morgan fingerprint density at radius 1 is 1.06 bits per heavy atom. The first-order chi connectivity index (χ1) is 8.59. The highest BCUT2D eigenvalue weighted by atomic mass is 79.9. The summed E-state index contributed by atoms with van der Waals surface area (Å²) in [7, 11) is 0. The number of para-hydroxylation sites is 1. The second-order valence-corrected chi connectivity index (χ2v) is 5.76. The third-order valence-electron chi connectivity index (χ3n) is 2.43. The smallest absolute Gasteiger partial charge is 0.148 e. The van der Waals surface area contributed by atoms with Crippen molar-refractivity contribution in [3.05, 3.63) is 55.9 Å². The van der Waals surface area contributed by atoms with E-state index in [9.17, 15) is 0 Å². The molecule has 5 heteroatoms. The Labute approximate surface area is 127 Å². The lowest BCUT2D eigenvalue weighted by Crippen LogP contribution is -2.01. The first kappa shape index (κ1) is 13.7. The molecule has 0 saturated carbocycles. The van der Waals surface area contributed by atoms with E-state index in [0.717, 1.165) is 20.3 Å². The summed E-state index contributed by atoms with van der Waals surface area (Å²) >= 11 is 13.0. The van der Waals surface area contributed by atoms with Crippen molar-refractivity contribution in [2.45, 2.75) is 6.61 Å². The summed E-state index contributed by atoms with van der Waals surface area (Å²) in [5, 5.41) is 0.609. The molecule has 0 atom stereocenters. The number of benzene rings is 2. The summed E-state index contributed by atoms with van der Waals surface area (Å²) in [5.41, 5.74) is 7.30. The molecule has 0 bridgehead atoms. The average Bonchev–Trinajstić information content (AvgIpc) is 2.31. The molecule has 0 aliphatic heterocycles. The Bertz CT molecular complexity index is 483. The number of rotatable bonds is 3. The van der Waals surface area contributed by atoms with E-state index in [1.165, 1.54) is 0 Å². The molecule has 0 amide bonds. The first-order valence-corrected chi connectivity index (χ1v) is 7.15. The van der Waals surface area contributed by atoms with E-state index in [1.807, 2.05) is 24.3 Å². The molecule has 2 aromatic rings. The summed E-state index contributed by atoms with van der Waals surface area (Å²) in [5.74, 6) is 0.733. The van der Waals surface area contributed by atoms with Gasteiger partial charge in [0.25, 0.3) is 0 Å². The topological polar surface area (TPSA) is 35.2 Å². The van der Waals surface area contributed by atoms with E-state index in [2.05, 4.69) is 31.9 Å². The molecule has 0 saturated heterocycles. The monoisotopic (exact) mass is 389 g/mol. The van der Waals surface area contributed by atoms with Crippen LogP contribution in [0.3, 0.4) is 0 Å². The van der Waals surface area contributed by atoms with Crippen LogP contribution in [0.2, 0.25) is 5.02 Å². The molecule has 0 aromatic heterocycles. The van der Waals surface area contributed by atoms with Gasteiger partial charge in [0, 0.05) is 16.3 Å². The van der Waals surface area contributed by atoms with Gasteiger partial charge in [-0.25, -0.2) is 0 Å². The van der Waals surface area contributed by atoms with E-state index < -0.39 is 0 Å². The maximum Gasteiger partial charge on any atom is 0.148 e.